The van der Waals surface area contributed by atoms with Crippen LogP contribution >= 0.6 is 0 Å². The lowest BCUT2D eigenvalue weighted by Crippen LogP contribution is -2.57. The number of ketones is 1. The molecule has 0 heterocycles. The van der Waals surface area contributed by atoms with Crippen LogP contribution in [0.15, 0.2) is 0 Å². The SMILES string of the molecule is CC(=O)OC1CC[C@@]2(C)C(CC[C@H]3[C@@H]4CC[C@H]([C@H](C)CCC(=O)O)[C@@]4(C)C(=O)C[C@@H]32)C1. The van der Waals surface area contributed by atoms with Gasteiger partial charge in [0.05, 0.1) is 0 Å². The van der Waals surface area contributed by atoms with Gasteiger partial charge in [-0.25, -0.2) is 0 Å². The zero-order valence-corrected chi connectivity index (χ0v) is 19.7. The number of carbonyl (C=O) groups excluding carboxylic acids is 2. The van der Waals surface area contributed by atoms with E-state index >= 15 is 0 Å². The number of esters is 1. The van der Waals surface area contributed by atoms with Gasteiger partial charge >= 0.3 is 11.9 Å². The first-order valence-corrected chi connectivity index (χ1v) is 12.5. The average Bonchev–Trinajstić information content (AvgIpc) is 3.06. The van der Waals surface area contributed by atoms with E-state index in [-0.39, 0.29) is 35.2 Å². The molecule has 0 amide bonds. The number of carbonyl (C=O) groups is 3. The van der Waals surface area contributed by atoms with Gasteiger partial charge in [-0.05, 0) is 92.3 Å². The summed E-state index contributed by atoms with van der Waals surface area (Å²) >= 11 is 0. The van der Waals surface area contributed by atoms with Crippen molar-refractivity contribution in [1.82, 2.24) is 0 Å². The maximum Gasteiger partial charge on any atom is 0.303 e. The fraction of sp³-hybridized carbons (Fsp3) is 0.885. The van der Waals surface area contributed by atoms with Crippen LogP contribution in [-0.4, -0.2) is 28.9 Å². The third-order valence-corrected chi connectivity index (χ3v) is 10.4. The van der Waals surface area contributed by atoms with Gasteiger partial charge in [-0.2, -0.15) is 0 Å². The second kappa shape index (κ2) is 8.19. The molecule has 4 saturated carbocycles. The van der Waals surface area contributed by atoms with Crippen molar-refractivity contribution in [2.75, 3.05) is 0 Å². The molecule has 0 aliphatic heterocycles. The fourth-order valence-electron chi connectivity index (χ4n) is 8.76. The van der Waals surface area contributed by atoms with E-state index < -0.39 is 5.97 Å². The van der Waals surface area contributed by atoms with Gasteiger partial charge in [0.25, 0.3) is 0 Å². The van der Waals surface area contributed by atoms with E-state index in [1.54, 1.807) is 0 Å². The molecule has 4 aliphatic rings. The predicted molar refractivity (Wildman–Crippen MR) is 117 cm³/mol. The van der Waals surface area contributed by atoms with Crippen LogP contribution in [0.1, 0.15) is 91.9 Å². The summed E-state index contributed by atoms with van der Waals surface area (Å²) in [5.41, 5.74) is -0.110. The summed E-state index contributed by atoms with van der Waals surface area (Å²) in [5, 5.41) is 9.12. The summed E-state index contributed by atoms with van der Waals surface area (Å²) in [6.45, 7) is 8.29. The Bertz CT molecular complexity index is 746. The van der Waals surface area contributed by atoms with Crippen LogP contribution in [0, 0.1) is 46.3 Å². The monoisotopic (exact) mass is 432 g/mol. The first kappa shape index (κ1) is 22.8. The minimum atomic E-state index is -0.739. The minimum absolute atomic E-state index is 0.0441. The van der Waals surface area contributed by atoms with Crippen molar-refractivity contribution in [2.24, 2.45) is 46.3 Å². The smallest absolute Gasteiger partial charge is 0.303 e. The highest BCUT2D eigenvalue weighted by Crippen LogP contribution is 2.67. The lowest BCUT2D eigenvalue weighted by molar-refractivity contribution is -0.167. The van der Waals surface area contributed by atoms with Crippen LogP contribution in [0.2, 0.25) is 0 Å². The maximum absolute atomic E-state index is 13.7. The Morgan fingerprint density at radius 3 is 2.55 bits per heavy atom. The zero-order valence-electron chi connectivity index (χ0n) is 19.7. The molecule has 1 N–H and O–H groups in total. The highest BCUT2D eigenvalue weighted by molar-refractivity contribution is 5.87. The predicted octanol–water partition coefficient (Wildman–Crippen LogP) is 5.26. The lowest BCUT2D eigenvalue weighted by Gasteiger charge is -2.60. The summed E-state index contributed by atoms with van der Waals surface area (Å²) in [7, 11) is 0. The normalized spacial score (nSPS) is 45.2. The fourth-order valence-corrected chi connectivity index (χ4v) is 8.76. The van der Waals surface area contributed by atoms with Gasteiger partial charge in [-0.3, -0.25) is 14.4 Å². The molecule has 0 bridgehead atoms. The van der Waals surface area contributed by atoms with Crippen molar-refractivity contribution < 1.29 is 24.2 Å². The van der Waals surface area contributed by atoms with Gasteiger partial charge in [0.15, 0.2) is 0 Å². The molecular formula is C26H40O5. The summed E-state index contributed by atoms with van der Waals surface area (Å²) in [6, 6.07) is 0. The molecule has 0 radical (unpaired) electrons. The molecule has 4 fully saturated rings. The van der Waals surface area contributed by atoms with Crippen molar-refractivity contribution in [3.8, 4) is 0 Å². The minimum Gasteiger partial charge on any atom is -0.481 e. The number of Topliss-reactive ketones (excluding diaryl/α,β-unsaturated/α-hetero) is 1. The van der Waals surface area contributed by atoms with Gasteiger partial charge < -0.3 is 9.84 Å². The quantitative estimate of drug-likeness (QED) is 0.600. The number of rotatable bonds is 5. The molecule has 9 atom stereocenters. The van der Waals surface area contributed by atoms with Crippen molar-refractivity contribution in [3.05, 3.63) is 0 Å². The van der Waals surface area contributed by atoms with Crippen LogP contribution in [0.4, 0.5) is 0 Å². The molecule has 0 saturated heterocycles. The third-order valence-electron chi connectivity index (χ3n) is 10.4. The van der Waals surface area contributed by atoms with Crippen molar-refractivity contribution in [1.29, 1.82) is 0 Å². The number of fused-ring (bicyclic) bond motifs is 5. The van der Waals surface area contributed by atoms with E-state index in [4.69, 9.17) is 9.84 Å². The molecule has 4 aliphatic carbocycles. The van der Waals surface area contributed by atoms with Crippen LogP contribution in [0.5, 0.6) is 0 Å². The van der Waals surface area contributed by atoms with Gasteiger partial charge in [0, 0.05) is 25.2 Å². The Morgan fingerprint density at radius 2 is 1.87 bits per heavy atom. The second-order valence-corrected chi connectivity index (χ2v) is 11.7. The second-order valence-electron chi connectivity index (χ2n) is 11.7. The summed E-state index contributed by atoms with van der Waals surface area (Å²) < 4.78 is 5.56. The molecular weight excluding hydrogens is 392 g/mol. The number of carboxylic acids is 1. The van der Waals surface area contributed by atoms with Crippen molar-refractivity contribution in [2.45, 2.75) is 98.0 Å². The molecule has 0 aromatic rings. The van der Waals surface area contributed by atoms with Crippen molar-refractivity contribution in [3.63, 3.8) is 0 Å². The molecule has 31 heavy (non-hydrogen) atoms. The molecule has 5 heteroatoms. The van der Waals surface area contributed by atoms with Crippen LogP contribution in [0.3, 0.4) is 0 Å². The average molecular weight is 433 g/mol. The standard InChI is InChI=1S/C26H40O5/c1-15(5-10-24(29)30)20-8-9-21-19-7-6-17-13-18(31-16(2)27)11-12-25(17,3)22(19)14-23(28)26(20,21)4/h15,17-22H,5-14H2,1-4H3,(H,29,30)/t15-,17?,18?,19+,20-,21+,22+,25+,26-/m1/s1. The Labute approximate surface area is 186 Å². The van der Waals surface area contributed by atoms with Crippen LogP contribution in [0.25, 0.3) is 0 Å². The first-order chi connectivity index (χ1) is 14.6. The number of hydrogen-bond acceptors (Lipinski definition) is 4. The lowest BCUT2D eigenvalue weighted by atomic mass is 9.44. The van der Waals surface area contributed by atoms with Gasteiger partial charge in [-0.1, -0.05) is 20.8 Å². The molecule has 0 aromatic heterocycles. The topological polar surface area (TPSA) is 80.7 Å². The van der Waals surface area contributed by atoms with E-state index in [9.17, 15) is 14.4 Å². The molecule has 0 aromatic carbocycles. The molecule has 4 rings (SSSR count). The van der Waals surface area contributed by atoms with Gasteiger partial charge in [0.2, 0.25) is 0 Å². The van der Waals surface area contributed by atoms with E-state index in [1.165, 1.54) is 19.8 Å². The molecule has 174 valence electrons. The highest BCUT2D eigenvalue weighted by Gasteiger charge is 2.64. The first-order valence-electron chi connectivity index (χ1n) is 12.5. The summed E-state index contributed by atoms with van der Waals surface area (Å²) in [5.74, 6) is 2.14. The zero-order chi connectivity index (χ0) is 22.6. The van der Waals surface area contributed by atoms with E-state index in [1.807, 2.05) is 0 Å². The van der Waals surface area contributed by atoms with Crippen LogP contribution < -0.4 is 0 Å². The van der Waals surface area contributed by atoms with Gasteiger partial charge in [-0.15, -0.1) is 0 Å². The molecule has 0 spiro atoms. The summed E-state index contributed by atoms with van der Waals surface area (Å²) in [4.78, 5) is 36.3. The number of carboxylic acid groups (broad SMARTS) is 1. The van der Waals surface area contributed by atoms with Crippen molar-refractivity contribution >= 4 is 17.7 Å². The highest BCUT2D eigenvalue weighted by atomic mass is 16.5. The third kappa shape index (κ3) is 3.74. The van der Waals surface area contributed by atoms with E-state index in [2.05, 4.69) is 20.8 Å². The van der Waals surface area contributed by atoms with E-state index in [0.29, 0.717) is 48.2 Å². The Kier molecular flexibility index (Phi) is 6.02. The number of aliphatic carboxylic acids is 1. The summed E-state index contributed by atoms with van der Waals surface area (Å²) in [6.07, 6.45) is 9.04. The van der Waals surface area contributed by atoms with Gasteiger partial charge in [0.1, 0.15) is 11.9 Å². The Balaban J connectivity index is 1.52. The van der Waals surface area contributed by atoms with E-state index in [0.717, 1.165) is 32.1 Å². The molecule has 2 unspecified atom stereocenters. The molecule has 5 nitrogen and oxygen atoms in total. The number of hydrogen-bond donors (Lipinski definition) is 1. The largest absolute Gasteiger partial charge is 0.481 e. The Hall–Kier alpha value is -1.39. The van der Waals surface area contributed by atoms with Crippen LogP contribution in [-0.2, 0) is 19.1 Å². The number of ether oxygens (including phenoxy) is 1. The maximum atomic E-state index is 13.7. The Morgan fingerprint density at radius 1 is 1.13 bits per heavy atom.